The summed E-state index contributed by atoms with van der Waals surface area (Å²) in [4.78, 5) is 13.9. The molecule has 1 aliphatic carbocycles. The molecule has 0 spiro atoms. The average molecular weight is 270 g/mol. The molecule has 2 unspecified atom stereocenters. The van der Waals surface area contributed by atoms with Gasteiger partial charge in [0.1, 0.15) is 5.54 Å². The van der Waals surface area contributed by atoms with Crippen LogP contribution in [0.2, 0.25) is 0 Å². The fourth-order valence-electron chi connectivity index (χ4n) is 2.65. The maximum Gasteiger partial charge on any atom is 0.323 e. The number of morpholine rings is 1. The number of carboxylic acid groups (broad SMARTS) is 1. The highest BCUT2D eigenvalue weighted by Crippen LogP contribution is 2.25. The molecule has 5 nitrogen and oxygen atoms in total. The van der Waals surface area contributed by atoms with Crippen LogP contribution >= 0.6 is 0 Å². The fourth-order valence-corrected chi connectivity index (χ4v) is 2.65. The number of rotatable bonds is 7. The van der Waals surface area contributed by atoms with Crippen molar-refractivity contribution in [2.75, 3.05) is 26.3 Å². The summed E-state index contributed by atoms with van der Waals surface area (Å²) in [5, 5.41) is 12.7. The monoisotopic (exact) mass is 270 g/mol. The smallest absolute Gasteiger partial charge is 0.323 e. The van der Waals surface area contributed by atoms with Gasteiger partial charge in [-0.3, -0.25) is 15.0 Å². The van der Waals surface area contributed by atoms with Crippen molar-refractivity contribution in [1.29, 1.82) is 0 Å². The van der Waals surface area contributed by atoms with Gasteiger partial charge in [-0.15, -0.1) is 0 Å². The SMILES string of the molecule is CCC1COCCN1CCC(C)(NC1CC1)C(=O)O. The maximum atomic E-state index is 11.5. The first-order valence-corrected chi connectivity index (χ1v) is 7.38. The number of carboxylic acids is 1. The number of aliphatic carboxylic acids is 1. The lowest BCUT2D eigenvalue weighted by molar-refractivity contribution is -0.145. The molecule has 0 bridgehead atoms. The van der Waals surface area contributed by atoms with Gasteiger partial charge in [0, 0.05) is 25.2 Å². The molecule has 1 saturated carbocycles. The molecule has 2 fully saturated rings. The highest BCUT2D eigenvalue weighted by molar-refractivity contribution is 5.78. The van der Waals surface area contributed by atoms with Crippen molar-refractivity contribution in [3.63, 3.8) is 0 Å². The van der Waals surface area contributed by atoms with E-state index >= 15 is 0 Å². The zero-order valence-electron chi connectivity index (χ0n) is 12.0. The van der Waals surface area contributed by atoms with Crippen molar-refractivity contribution >= 4 is 5.97 Å². The van der Waals surface area contributed by atoms with Crippen molar-refractivity contribution in [1.82, 2.24) is 10.2 Å². The third-order valence-electron chi connectivity index (χ3n) is 4.29. The summed E-state index contributed by atoms with van der Waals surface area (Å²) >= 11 is 0. The molecule has 19 heavy (non-hydrogen) atoms. The zero-order chi connectivity index (χ0) is 13.9. The molecule has 0 radical (unpaired) electrons. The van der Waals surface area contributed by atoms with Crippen LogP contribution in [-0.2, 0) is 9.53 Å². The van der Waals surface area contributed by atoms with Crippen LogP contribution in [0.5, 0.6) is 0 Å². The van der Waals surface area contributed by atoms with E-state index in [1.807, 2.05) is 6.92 Å². The molecule has 1 saturated heterocycles. The molecule has 2 atom stereocenters. The zero-order valence-corrected chi connectivity index (χ0v) is 12.0. The van der Waals surface area contributed by atoms with Crippen LogP contribution < -0.4 is 5.32 Å². The molecule has 5 heteroatoms. The molecule has 0 aromatic heterocycles. The minimum atomic E-state index is -0.794. The van der Waals surface area contributed by atoms with E-state index < -0.39 is 11.5 Å². The Bertz CT molecular complexity index is 320. The first kappa shape index (κ1) is 14.8. The summed E-state index contributed by atoms with van der Waals surface area (Å²) in [7, 11) is 0. The Labute approximate surface area is 115 Å². The summed E-state index contributed by atoms with van der Waals surface area (Å²) in [6, 6.07) is 0.848. The van der Waals surface area contributed by atoms with Crippen LogP contribution in [0.1, 0.15) is 39.5 Å². The lowest BCUT2D eigenvalue weighted by Gasteiger charge is -2.37. The molecule has 110 valence electrons. The molecule has 0 aromatic rings. The van der Waals surface area contributed by atoms with Gasteiger partial charge in [-0.2, -0.15) is 0 Å². The predicted molar refractivity (Wildman–Crippen MR) is 73.3 cm³/mol. The Morgan fingerprint density at radius 2 is 2.26 bits per heavy atom. The molecule has 2 N–H and O–H groups in total. The van der Waals surface area contributed by atoms with Crippen molar-refractivity contribution < 1.29 is 14.6 Å². The van der Waals surface area contributed by atoms with Gasteiger partial charge in [0.25, 0.3) is 0 Å². The van der Waals surface area contributed by atoms with Gasteiger partial charge < -0.3 is 9.84 Å². The summed E-state index contributed by atoms with van der Waals surface area (Å²) in [6.07, 6.45) is 3.92. The first-order valence-electron chi connectivity index (χ1n) is 7.38. The van der Waals surface area contributed by atoms with Gasteiger partial charge in [-0.1, -0.05) is 6.92 Å². The predicted octanol–water partition coefficient (Wildman–Crippen LogP) is 1.08. The minimum Gasteiger partial charge on any atom is -0.480 e. The number of hydrogen-bond acceptors (Lipinski definition) is 4. The summed E-state index contributed by atoms with van der Waals surface area (Å²) < 4.78 is 5.48. The Kier molecular flexibility index (Phi) is 4.81. The lowest BCUT2D eigenvalue weighted by atomic mass is 9.96. The second-order valence-electron chi connectivity index (χ2n) is 5.98. The minimum absolute atomic E-state index is 0.410. The Hall–Kier alpha value is -0.650. The first-order chi connectivity index (χ1) is 9.05. The van der Waals surface area contributed by atoms with Crippen molar-refractivity contribution in [3.8, 4) is 0 Å². The Balaban J connectivity index is 1.88. The summed E-state index contributed by atoms with van der Waals surface area (Å²) in [6.45, 7) is 7.24. The van der Waals surface area contributed by atoms with Gasteiger partial charge in [-0.25, -0.2) is 0 Å². The lowest BCUT2D eigenvalue weighted by Crippen LogP contribution is -2.54. The third-order valence-corrected chi connectivity index (χ3v) is 4.29. The van der Waals surface area contributed by atoms with E-state index in [-0.39, 0.29) is 0 Å². The number of nitrogens with one attached hydrogen (secondary N) is 1. The molecule has 2 aliphatic rings. The topological polar surface area (TPSA) is 61.8 Å². The van der Waals surface area contributed by atoms with Crippen LogP contribution in [0, 0.1) is 0 Å². The highest BCUT2D eigenvalue weighted by Gasteiger charge is 2.39. The van der Waals surface area contributed by atoms with Gasteiger partial charge in [0.05, 0.1) is 13.2 Å². The normalized spacial score (nSPS) is 28.0. The number of carbonyl (C=O) groups is 1. The maximum absolute atomic E-state index is 11.5. The van der Waals surface area contributed by atoms with Crippen LogP contribution in [0.15, 0.2) is 0 Å². The standard InChI is InChI=1S/C14H26N2O3/c1-3-12-10-19-9-8-16(12)7-6-14(2,13(17)18)15-11-4-5-11/h11-12,15H,3-10H2,1-2H3,(H,17,18). The second-order valence-corrected chi connectivity index (χ2v) is 5.98. The quantitative estimate of drug-likeness (QED) is 0.725. The van der Waals surface area contributed by atoms with E-state index in [4.69, 9.17) is 4.74 Å². The van der Waals surface area contributed by atoms with Crippen molar-refractivity contribution in [3.05, 3.63) is 0 Å². The van der Waals surface area contributed by atoms with Gasteiger partial charge >= 0.3 is 5.97 Å². The van der Waals surface area contributed by atoms with Gasteiger partial charge in [0.2, 0.25) is 0 Å². The van der Waals surface area contributed by atoms with E-state index in [0.717, 1.165) is 45.6 Å². The van der Waals surface area contributed by atoms with Crippen LogP contribution in [-0.4, -0.2) is 59.9 Å². The van der Waals surface area contributed by atoms with E-state index in [9.17, 15) is 9.90 Å². The molecule has 1 aliphatic heterocycles. The van der Waals surface area contributed by atoms with Crippen molar-refractivity contribution in [2.45, 2.75) is 57.2 Å². The Morgan fingerprint density at radius 3 is 2.84 bits per heavy atom. The molecule has 0 aromatic carbocycles. The van der Waals surface area contributed by atoms with Gasteiger partial charge in [0.15, 0.2) is 0 Å². The Morgan fingerprint density at radius 1 is 1.53 bits per heavy atom. The summed E-state index contributed by atoms with van der Waals surface area (Å²) in [5.74, 6) is -0.735. The van der Waals surface area contributed by atoms with Crippen LogP contribution in [0.4, 0.5) is 0 Å². The fraction of sp³-hybridized carbons (Fsp3) is 0.929. The molecule has 2 rings (SSSR count). The van der Waals surface area contributed by atoms with Crippen LogP contribution in [0.3, 0.4) is 0 Å². The number of hydrogen-bond donors (Lipinski definition) is 2. The van der Waals surface area contributed by atoms with E-state index in [1.165, 1.54) is 0 Å². The average Bonchev–Trinajstić information content (AvgIpc) is 3.20. The second kappa shape index (κ2) is 6.20. The highest BCUT2D eigenvalue weighted by atomic mass is 16.5. The number of nitrogens with zero attached hydrogens (tertiary/aromatic N) is 1. The van der Waals surface area contributed by atoms with Crippen LogP contribution in [0.25, 0.3) is 0 Å². The van der Waals surface area contributed by atoms with Crippen molar-refractivity contribution in [2.24, 2.45) is 0 Å². The molecular formula is C14H26N2O3. The van der Waals surface area contributed by atoms with Gasteiger partial charge in [-0.05, 0) is 32.6 Å². The summed E-state index contributed by atoms with van der Waals surface area (Å²) in [5.41, 5.74) is -0.794. The molecule has 1 heterocycles. The molecule has 0 amide bonds. The van der Waals surface area contributed by atoms with E-state index in [0.29, 0.717) is 18.5 Å². The number of ether oxygens (including phenoxy) is 1. The van der Waals surface area contributed by atoms with E-state index in [2.05, 4.69) is 17.1 Å². The van der Waals surface area contributed by atoms with E-state index in [1.54, 1.807) is 0 Å². The third kappa shape index (κ3) is 3.91. The molecular weight excluding hydrogens is 244 g/mol. The largest absolute Gasteiger partial charge is 0.480 e.